The number of carboxylic acids is 1. The van der Waals surface area contributed by atoms with Crippen LogP contribution in [0.25, 0.3) is 0 Å². The number of benzene rings is 1. The zero-order valence-electron chi connectivity index (χ0n) is 11.4. The normalized spacial score (nSPS) is 25.2. The summed E-state index contributed by atoms with van der Waals surface area (Å²) >= 11 is 1.45. The van der Waals surface area contributed by atoms with Gasteiger partial charge >= 0.3 is 5.97 Å². The van der Waals surface area contributed by atoms with E-state index in [1.807, 2.05) is 25.1 Å². The predicted octanol–water partition coefficient (Wildman–Crippen LogP) is 1.24. The van der Waals surface area contributed by atoms with Crippen LogP contribution in [-0.4, -0.2) is 39.1 Å². The third-order valence-electron chi connectivity index (χ3n) is 3.56. The van der Waals surface area contributed by atoms with Crippen LogP contribution in [0, 0.1) is 0 Å². The Morgan fingerprint density at radius 3 is 2.55 bits per heavy atom. The molecule has 1 aliphatic heterocycles. The van der Waals surface area contributed by atoms with Crippen molar-refractivity contribution in [3.8, 4) is 0 Å². The lowest BCUT2D eigenvalue weighted by Gasteiger charge is -2.33. The summed E-state index contributed by atoms with van der Waals surface area (Å²) in [6.45, 7) is 3.45. The fourth-order valence-corrected chi connectivity index (χ4v) is 3.48. The molecule has 0 spiro atoms. The van der Waals surface area contributed by atoms with E-state index in [-0.39, 0.29) is 11.3 Å². The molecule has 2 rings (SSSR count). The van der Waals surface area contributed by atoms with Crippen LogP contribution in [0.4, 0.5) is 0 Å². The molecule has 5 nitrogen and oxygen atoms in total. The van der Waals surface area contributed by atoms with Gasteiger partial charge in [0.1, 0.15) is 11.6 Å². The molecule has 1 amide bonds. The summed E-state index contributed by atoms with van der Waals surface area (Å²) in [5.74, 6) is -0.944. The van der Waals surface area contributed by atoms with Crippen molar-refractivity contribution < 1.29 is 14.7 Å². The monoisotopic (exact) mass is 294 g/mol. The molecule has 3 atom stereocenters. The molecule has 1 aromatic carbocycles. The Morgan fingerprint density at radius 2 is 2.00 bits per heavy atom. The Balaban J connectivity index is 2.32. The van der Waals surface area contributed by atoms with Crippen LogP contribution in [0.5, 0.6) is 0 Å². The third kappa shape index (κ3) is 2.53. The Hall–Kier alpha value is -1.53. The fourth-order valence-electron chi connectivity index (χ4n) is 2.32. The smallest absolute Gasteiger partial charge is 0.327 e. The van der Waals surface area contributed by atoms with Crippen LogP contribution in [0.2, 0.25) is 0 Å². The van der Waals surface area contributed by atoms with Crippen molar-refractivity contribution in [3.63, 3.8) is 0 Å². The molecular weight excluding hydrogens is 276 g/mol. The van der Waals surface area contributed by atoms with E-state index in [0.717, 1.165) is 0 Å². The average Bonchev–Trinajstić information content (AvgIpc) is 2.80. The molecule has 3 N–H and O–H groups in total. The fraction of sp³-hybridized carbons (Fsp3) is 0.429. The average molecular weight is 294 g/mol. The van der Waals surface area contributed by atoms with Crippen molar-refractivity contribution in [2.24, 2.45) is 5.73 Å². The zero-order valence-corrected chi connectivity index (χ0v) is 12.3. The summed E-state index contributed by atoms with van der Waals surface area (Å²) in [6, 6.07) is 8.21. The highest BCUT2D eigenvalue weighted by Gasteiger charge is 2.45. The minimum absolute atomic E-state index is 0.185. The van der Waals surface area contributed by atoms with Gasteiger partial charge in [0.2, 0.25) is 5.91 Å². The number of carbonyl (C=O) groups excluding carboxylic acids is 1. The molecule has 1 heterocycles. The van der Waals surface area contributed by atoms with Gasteiger partial charge in [-0.05, 0) is 19.4 Å². The van der Waals surface area contributed by atoms with Gasteiger partial charge in [-0.25, -0.2) is 4.79 Å². The molecule has 20 heavy (non-hydrogen) atoms. The Bertz CT molecular complexity index is 518. The highest BCUT2D eigenvalue weighted by atomic mass is 32.2. The van der Waals surface area contributed by atoms with E-state index in [0.29, 0.717) is 11.3 Å². The molecular formula is C14H18N2O3S. The van der Waals surface area contributed by atoms with Gasteiger partial charge in [0.05, 0.1) is 5.37 Å². The molecule has 0 aliphatic carbocycles. The lowest BCUT2D eigenvalue weighted by atomic mass is 9.91. The van der Waals surface area contributed by atoms with Crippen LogP contribution in [-0.2, 0) is 15.1 Å². The van der Waals surface area contributed by atoms with Crippen molar-refractivity contribution >= 4 is 23.6 Å². The Morgan fingerprint density at radius 1 is 1.40 bits per heavy atom. The Labute approximate surface area is 122 Å². The summed E-state index contributed by atoms with van der Waals surface area (Å²) < 4.78 is 0. The number of aliphatic carboxylic acids is 1. The SMILES string of the molecule is CC1SCC(C(=O)O)N1C(=O)C(C)(N)c1ccccc1. The van der Waals surface area contributed by atoms with Crippen molar-refractivity contribution in [2.45, 2.75) is 30.8 Å². The molecule has 6 heteroatoms. The largest absolute Gasteiger partial charge is 0.480 e. The van der Waals surface area contributed by atoms with Crippen molar-refractivity contribution in [3.05, 3.63) is 35.9 Å². The minimum Gasteiger partial charge on any atom is -0.480 e. The molecule has 108 valence electrons. The lowest BCUT2D eigenvalue weighted by Crippen LogP contribution is -2.56. The minimum atomic E-state index is -1.23. The second-order valence-electron chi connectivity index (χ2n) is 5.07. The molecule has 3 unspecified atom stereocenters. The predicted molar refractivity (Wildman–Crippen MR) is 78.2 cm³/mol. The highest BCUT2D eigenvalue weighted by Crippen LogP contribution is 2.33. The first-order valence-electron chi connectivity index (χ1n) is 6.37. The van der Waals surface area contributed by atoms with Crippen LogP contribution in [0.15, 0.2) is 30.3 Å². The first-order valence-corrected chi connectivity index (χ1v) is 7.42. The van der Waals surface area contributed by atoms with Gasteiger partial charge in [-0.3, -0.25) is 4.79 Å². The van der Waals surface area contributed by atoms with Crippen LogP contribution in [0.1, 0.15) is 19.4 Å². The standard InChI is InChI=1S/C14H18N2O3S/c1-9-16(11(8-20-9)12(17)18)13(19)14(2,15)10-6-4-3-5-7-10/h3-7,9,11H,8,15H2,1-2H3,(H,17,18). The van der Waals surface area contributed by atoms with Gasteiger partial charge in [-0.15, -0.1) is 11.8 Å². The van der Waals surface area contributed by atoms with E-state index in [2.05, 4.69) is 0 Å². The van der Waals surface area contributed by atoms with Gasteiger partial charge in [0.25, 0.3) is 0 Å². The molecule has 0 radical (unpaired) electrons. The lowest BCUT2D eigenvalue weighted by molar-refractivity contribution is -0.151. The van der Waals surface area contributed by atoms with Crippen LogP contribution >= 0.6 is 11.8 Å². The number of amides is 1. The number of rotatable bonds is 3. The first kappa shape index (κ1) is 14.9. The second-order valence-corrected chi connectivity index (χ2v) is 6.42. The van der Waals surface area contributed by atoms with Crippen LogP contribution < -0.4 is 5.73 Å². The van der Waals surface area contributed by atoms with E-state index in [1.165, 1.54) is 16.7 Å². The zero-order chi connectivity index (χ0) is 14.9. The highest BCUT2D eigenvalue weighted by molar-refractivity contribution is 8.00. The quantitative estimate of drug-likeness (QED) is 0.876. The maximum atomic E-state index is 12.7. The van der Waals surface area contributed by atoms with E-state index in [9.17, 15) is 14.7 Å². The maximum absolute atomic E-state index is 12.7. The van der Waals surface area contributed by atoms with E-state index in [4.69, 9.17) is 5.73 Å². The van der Waals surface area contributed by atoms with Gasteiger partial charge in [0.15, 0.2) is 0 Å². The number of nitrogens with zero attached hydrogens (tertiary/aromatic N) is 1. The molecule has 1 aliphatic rings. The number of thioether (sulfide) groups is 1. The van der Waals surface area contributed by atoms with Gasteiger partial charge < -0.3 is 15.7 Å². The molecule has 0 saturated carbocycles. The number of hydrogen-bond acceptors (Lipinski definition) is 4. The summed E-state index contributed by atoms with van der Waals surface area (Å²) in [7, 11) is 0. The van der Waals surface area contributed by atoms with Gasteiger partial charge in [0, 0.05) is 5.75 Å². The van der Waals surface area contributed by atoms with Crippen molar-refractivity contribution in [1.29, 1.82) is 0 Å². The summed E-state index contributed by atoms with van der Waals surface area (Å²) in [5, 5.41) is 9.05. The van der Waals surface area contributed by atoms with Crippen LogP contribution in [0.3, 0.4) is 0 Å². The second kappa shape index (κ2) is 5.46. The van der Waals surface area contributed by atoms with Gasteiger partial charge in [-0.1, -0.05) is 30.3 Å². The first-order chi connectivity index (χ1) is 9.35. The van der Waals surface area contributed by atoms with E-state index >= 15 is 0 Å². The molecule has 1 saturated heterocycles. The van der Waals surface area contributed by atoms with E-state index in [1.54, 1.807) is 19.1 Å². The number of nitrogens with two attached hydrogens (primary N) is 1. The molecule has 1 aromatic rings. The molecule has 0 bridgehead atoms. The summed E-state index contributed by atoms with van der Waals surface area (Å²) in [4.78, 5) is 25.4. The number of hydrogen-bond donors (Lipinski definition) is 2. The summed E-state index contributed by atoms with van der Waals surface area (Å²) in [6.07, 6.45) is 0. The van der Waals surface area contributed by atoms with E-state index < -0.39 is 17.6 Å². The molecule has 0 aromatic heterocycles. The van der Waals surface area contributed by atoms with Crippen molar-refractivity contribution in [1.82, 2.24) is 4.90 Å². The number of carbonyl (C=O) groups is 2. The molecule has 1 fully saturated rings. The Kier molecular flexibility index (Phi) is 4.06. The van der Waals surface area contributed by atoms with Gasteiger partial charge in [-0.2, -0.15) is 0 Å². The topological polar surface area (TPSA) is 83.6 Å². The maximum Gasteiger partial charge on any atom is 0.327 e. The third-order valence-corrected chi connectivity index (χ3v) is 4.78. The number of carboxylic acid groups (broad SMARTS) is 1. The van der Waals surface area contributed by atoms with Crippen molar-refractivity contribution in [2.75, 3.05) is 5.75 Å². The summed E-state index contributed by atoms with van der Waals surface area (Å²) in [5.41, 5.74) is 5.64.